The molecular weight excluding hydrogens is 266 g/mol. The number of benzene rings is 1. The summed E-state index contributed by atoms with van der Waals surface area (Å²) < 4.78 is 13.0. The van der Waals surface area contributed by atoms with E-state index in [0.29, 0.717) is 12.6 Å². The molecule has 0 atom stereocenters. The second-order valence-electron chi connectivity index (χ2n) is 5.45. The number of methoxy groups -OCH3 is 1. The summed E-state index contributed by atoms with van der Waals surface area (Å²) in [5, 5.41) is 7.65. The van der Waals surface area contributed by atoms with Gasteiger partial charge in [-0.25, -0.2) is 0 Å². The predicted molar refractivity (Wildman–Crippen MR) is 80.4 cm³/mol. The van der Waals surface area contributed by atoms with Gasteiger partial charge in [0.2, 0.25) is 0 Å². The van der Waals surface area contributed by atoms with Crippen molar-refractivity contribution in [2.24, 2.45) is 7.05 Å². The van der Waals surface area contributed by atoms with Gasteiger partial charge in [-0.2, -0.15) is 5.10 Å². The number of hydrogen-bond donors (Lipinski definition) is 1. The molecule has 112 valence electrons. The minimum absolute atomic E-state index is 0.490. The Morgan fingerprint density at radius 1 is 1.29 bits per heavy atom. The highest BCUT2D eigenvalue weighted by molar-refractivity contribution is 5.43. The summed E-state index contributed by atoms with van der Waals surface area (Å²) >= 11 is 0. The van der Waals surface area contributed by atoms with Crippen LogP contribution in [0.3, 0.4) is 0 Å². The third-order valence-electron chi connectivity index (χ3n) is 3.55. The van der Waals surface area contributed by atoms with Crippen molar-refractivity contribution in [2.75, 3.05) is 7.11 Å². The van der Waals surface area contributed by atoms with Gasteiger partial charge >= 0.3 is 0 Å². The van der Waals surface area contributed by atoms with Crippen LogP contribution in [0.15, 0.2) is 30.6 Å². The highest BCUT2D eigenvalue weighted by Crippen LogP contribution is 2.29. The normalized spacial score (nSPS) is 14.2. The lowest BCUT2D eigenvalue weighted by Crippen LogP contribution is -2.15. The average molecular weight is 287 g/mol. The zero-order valence-electron chi connectivity index (χ0n) is 12.5. The predicted octanol–water partition coefficient (Wildman–Crippen LogP) is 2.26. The van der Waals surface area contributed by atoms with Gasteiger partial charge in [-0.15, -0.1) is 0 Å². The van der Waals surface area contributed by atoms with E-state index in [2.05, 4.69) is 16.5 Å². The molecule has 0 amide bonds. The van der Waals surface area contributed by atoms with Gasteiger partial charge in [0.1, 0.15) is 6.61 Å². The number of rotatable bonds is 7. The molecule has 1 aliphatic carbocycles. The fourth-order valence-corrected chi connectivity index (χ4v) is 2.20. The van der Waals surface area contributed by atoms with E-state index in [1.807, 2.05) is 31.6 Å². The van der Waals surface area contributed by atoms with Crippen LogP contribution in [0.4, 0.5) is 0 Å². The Morgan fingerprint density at radius 3 is 2.81 bits per heavy atom. The van der Waals surface area contributed by atoms with Crippen LogP contribution in [0, 0.1) is 0 Å². The van der Waals surface area contributed by atoms with Gasteiger partial charge in [0.05, 0.1) is 13.3 Å². The molecule has 5 heteroatoms. The van der Waals surface area contributed by atoms with E-state index in [1.165, 1.54) is 18.4 Å². The largest absolute Gasteiger partial charge is 0.493 e. The molecule has 2 aromatic rings. The minimum atomic E-state index is 0.490. The van der Waals surface area contributed by atoms with Crippen LogP contribution in [0.2, 0.25) is 0 Å². The van der Waals surface area contributed by atoms with Gasteiger partial charge in [0.25, 0.3) is 0 Å². The summed E-state index contributed by atoms with van der Waals surface area (Å²) in [6.07, 6.45) is 6.34. The molecule has 0 spiro atoms. The van der Waals surface area contributed by atoms with Crippen LogP contribution in [0.25, 0.3) is 0 Å². The number of hydrogen-bond acceptors (Lipinski definition) is 4. The zero-order chi connectivity index (χ0) is 14.7. The third kappa shape index (κ3) is 3.76. The first-order chi connectivity index (χ1) is 10.2. The summed E-state index contributed by atoms with van der Waals surface area (Å²) in [5.74, 6) is 1.53. The molecular formula is C16H21N3O2. The van der Waals surface area contributed by atoms with Crippen molar-refractivity contribution in [3.8, 4) is 11.5 Å². The van der Waals surface area contributed by atoms with Crippen molar-refractivity contribution >= 4 is 0 Å². The Kier molecular flexibility index (Phi) is 4.10. The topological polar surface area (TPSA) is 48.3 Å². The molecule has 1 heterocycles. The Hall–Kier alpha value is -2.01. The third-order valence-corrected chi connectivity index (χ3v) is 3.55. The number of nitrogens with zero attached hydrogens (tertiary/aromatic N) is 2. The van der Waals surface area contributed by atoms with Gasteiger partial charge < -0.3 is 14.8 Å². The van der Waals surface area contributed by atoms with Gasteiger partial charge in [-0.05, 0) is 30.5 Å². The van der Waals surface area contributed by atoms with Crippen molar-refractivity contribution < 1.29 is 9.47 Å². The summed E-state index contributed by atoms with van der Waals surface area (Å²) in [4.78, 5) is 0. The quantitative estimate of drug-likeness (QED) is 0.848. The first-order valence-corrected chi connectivity index (χ1v) is 7.25. The smallest absolute Gasteiger partial charge is 0.161 e. The molecule has 0 radical (unpaired) electrons. The molecule has 0 bridgehead atoms. The van der Waals surface area contributed by atoms with Crippen LogP contribution in [0.1, 0.15) is 24.0 Å². The van der Waals surface area contributed by atoms with Gasteiger partial charge in [-0.3, -0.25) is 4.68 Å². The Morgan fingerprint density at radius 2 is 2.14 bits per heavy atom. The lowest BCUT2D eigenvalue weighted by molar-refractivity contribution is 0.284. The van der Waals surface area contributed by atoms with Gasteiger partial charge in [0.15, 0.2) is 11.5 Å². The molecule has 0 unspecified atom stereocenters. The minimum Gasteiger partial charge on any atom is -0.493 e. The van der Waals surface area contributed by atoms with Crippen LogP contribution in [-0.4, -0.2) is 22.9 Å². The maximum Gasteiger partial charge on any atom is 0.161 e. The van der Waals surface area contributed by atoms with E-state index in [-0.39, 0.29) is 0 Å². The number of ether oxygens (including phenoxy) is 2. The number of aromatic nitrogens is 2. The SMILES string of the molecule is COc1ccc(CNC2CC2)cc1OCc1cnn(C)c1. The molecule has 1 saturated carbocycles. The van der Waals surface area contributed by atoms with Crippen molar-refractivity contribution in [1.82, 2.24) is 15.1 Å². The second kappa shape index (κ2) is 6.18. The lowest BCUT2D eigenvalue weighted by atomic mass is 10.2. The molecule has 1 N–H and O–H groups in total. The average Bonchev–Trinajstić information content (AvgIpc) is 3.24. The first-order valence-electron chi connectivity index (χ1n) is 7.25. The Balaban J connectivity index is 1.66. The van der Waals surface area contributed by atoms with Crippen LogP contribution in [-0.2, 0) is 20.2 Å². The van der Waals surface area contributed by atoms with Crippen LogP contribution in [0.5, 0.6) is 11.5 Å². The fourth-order valence-electron chi connectivity index (χ4n) is 2.20. The van der Waals surface area contributed by atoms with E-state index in [1.54, 1.807) is 11.8 Å². The first kappa shape index (κ1) is 13.9. The number of aryl methyl sites for hydroxylation is 1. The highest BCUT2D eigenvalue weighted by Gasteiger charge is 2.20. The van der Waals surface area contributed by atoms with Crippen LogP contribution < -0.4 is 14.8 Å². The monoisotopic (exact) mass is 287 g/mol. The van der Waals surface area contributed by atoms with E-state index >= 15 is 0 Å². The number of nitrogens with one attached hydrogen (secondary N) is 1. The lowest BCUT2D eigenvalue weighted by Gasteiger charge is -2.12. The summed E-state index contributed by atoms with van der Waals surface area (Å²) in [5.41, 5.74) is 2.25. The van der Waals surface area contributed by atoms with Crippen LogP contribution >= 0.6 is 0 Å². The molecule has 5 nitrogen and oxygen atoms in total. The molecule has 3 rings (SSSR count). The zero-order valence-corrected chi connectivity index (χ0v) is 12.5. The van der Waals surface area contributed by atoms with E-state index in [4.69, 9.17) is 9.47 Å². The van der Waals surface area contributed by atoms with Crippen molar-refractivity contribution in [2.45, 2.75) is 32.0 Å². The van der Waals surface area contributed by atoms with Gasteiger partial charge in [0, 0.05) is 31.4 Å². The van der Waals surface area contributed by atoms with Crippen molar-refractivity contribution in [1.29, 1.82) is 0 Å². The fraction of sp³-hybridized carbons (Fsp3) is 0.438. The molecule has 0 aliphatic heterocycles. The summed E-state index contributed by atoms with van der Waals surface area (Å²) in [6, 6.07) is 6.78. The van der Waals surface area contributed by atoms with Gasteiger partial charge in [-0.1, -0.05) is 6.07 Å². The maximum absolute atomic E-state index is 5.88. The second-order valence-corrected chi connectivity index (χ2v) is 5.45. The Bertz CT molecular complexity index is 605. The van der Waals surface area contributed by atoms with E-state index < -0.39 is 0 Å². The van der Waals surface area contributed by atoms with Crippen molar-refractivity contribution in [3.63, 3.8) is 0 Å². The summed E-state index contributed by atoms with van der Waals surface area (Å²) in [6.45, 7) is 1.36. The molecule has 1 aromatic carbocycles. The van der Waals surface area contributed by atoms with E-state index in [9.17, 15) is 0 Å². The van der Waals surface area contributed by atoms with Crippen molar-refractivity contribution in [3.05, 3.63) is 41.7 Å². The molecule has 1 fully saturated rings. The molecule has 21 heavy (non-hydrogen) atoms. The maximum atomic E-state index is 5.88. The van der Waals surface area contributed by atoms with E-state index in [0.717, 1.165) is 23.6 Å². The molecule has 1 aliphatic rings. The highest BCUT2D eigenvalue weighted by atomic mass is 16.5. The molecule has 1 aromatic heterocycles. The molecule has 0 saturated heterocycles. The Labute approximate surface area is 124 Å². The standard InChI is InChI=1S/C16H21N3O2/c1-19-10-13(9-18-19)11-21-16-7-12(3-6-15(16)20-2)8-17-14-4-5-14/h3,6-7,9-10,14,17H,4-5,8,11H2,1-2H3. The summed E-state index contributed by atoms with van der Waals surface area (Å²) in [7, 11) is 3.56.